The first-order chi connectivity index (χ1) is 15.5. The number of nitrogens with one attached hydrogen (secondary N) is 1. The summed E-state index contributed by atoms with van der Waals surface area (Å²) in [6.07, 6.45) is 3.36. The van der Waals surface area contributed by atoms with Crippen LogP contribution < -0.4 is 10.1 Å². The van der Waals surface area contributed by atoms with Crippen LogP contribution in [0, 0.1) is 13.8 Å². The Balaban J connectivity index is 1.42. The minimum atomic E-state index is -0.258. The van der Waals surface area contributed by atoms with Crippen LogP contribution in [0.4, 0.5) is 0 Å². The molecule has 0 unspecified atom stereocenters. The summed E-state index contributed by atoms with van der Waals surface area (Å²) in [5.74, 6) is 1.83. The average Bonchev–Trinajstić information content (AvgIpc) is 3.44. The smallest absolute Gasteiger partial charge is 0.287 e. The molecule has 0 aliphatic carbocycles. The molecule has 32 heavy (non-hydrogen) atoms. The van der Waals surface area contributed by atoms with Crippen molar-refractivity contribution >= 4 is 16.9 Å². The standard InChI is InChI=1S/C26H29N3O3/c1-18-12-13-19(2)24(17-18)32-15-7-6-14-29-22-10-5-4-9-21(22)28-25(29)20(3)27-26(30)23-11-8-16-31-23/h4-5,8-13,16-17,20H,6-7,14-15H2,1-3H3,(H,27,30)/t20-/m1/s1. The normalized spacial score (nSPS) is 12.1. The second kappa shape index (κ2) is 9.73. The van der Waals surface area contributed by atoms with Crippen LogP contribution >= 0.6 is 0 Å². The van der Waals surface area contributed by atoms with Gasteiger partial charge in [-0.1, -0.05) is 24.3 Å². The number of imidazole rings is 1. The number of unbranched alkanes of at least 4 members (excludes halogenated alkanes) is 1. The Kier molecular flexibility index (Phi) is 6.59. The summed E-state index contributed by atoms with van der Waals surface area (Å²) >= 11 is 0. The third kappa shape index (κ3) is 4.85. The van der Waals surface area contributed by atoms with E-state index in [1.807, 2.05) is 25.1 Å². The predicted molar refractivity (Wildman–Crippen MR) is 125 cm³/mol. The van der Waals surface area contributed by atoms with Gasteiger partial charge in [-0.15, -0.1) is 0 Å². The highest BCUT2D eigenvalue weighted by Crippen LogP contribution is 2.23. The summed E-state index contributed by atoms with van der Waals surface area (Å²) < 4.78 is 13.4. The molecule has 2 aromatic heterocycles. The number of carbonyl (C=O) groups is 1. The number of nitrogens with zero attached hydrogens (tertiary/aromatic N) is 2. The quantitative estimate of drug-likeness (QED) is 0.350. The molecular weight excluding hydrogens is 402 g/mol. The summed E-state index contributed by atoms with van der Waals surface area (Å²) in [5, 5.41) is 2.99. The average molecular weight is 432 g/mol. The van der Waals surface area contributed by atoms with Crippen LogP contribution in [0.25, 0.3) is 11.0 Å². The van der Waals surface area contributed by atoms with Crippen molar-refractivity contribution < 1.29 is 13.9 Å². The molecule has 1 N–H and O–H groups in total. The fourth-order valence-electron chi connectivity index (χ4n) is 3.82. The molecule has 0 spiro atoms. The molecule has 4 rings (SSSR count). The minimum Gasteiger partial charge on any atom is -0.493 e. The second-order valence-electron chi connectivity index (χ2n) is 8.11. The molecule has 2 heterocycles. The van der Waals surface area contributed by atoms with E-state index in [0.717, 1.165) is 47.6 Å². The highest BCUT2D eigenvalue weighted by Gasteiger charge is 2.20. The Hall–Kier alpha value is -3.54. The van der Waals surface area contributed by atoms with Gasteiger partial charge in [-0.2, -0.15) is 0 Å². The van der Waals surface area contributed by atoms with Gasteiger partial charge in [0, 0.05) is 6.54 Å². The van der Waals surface area contributed by atoms with Gasteiger partial charge < -0.3 is 19.0 Å². The first-order valence-electron chi connectivity index (χ1n) is 11.0. The van der Waals surface area contributed by atoms with Crippen molar-refractivity contribution in [3.05, 3.63) is 83.6 Å². The number of rotatable bonds is 9. The summed E-state index contributed by atoms with van der Waals surface area (Å²) in [4.78, 5) is 17.2. The summed E-state index contributed by atoms with van der Waals surface area (Å²) in [5.41, 5.74) is 4.34. The van der Waals surface area contributed by atoms with E-state index in [4.69, 9.17) is 14.1 Å². The number of aryl methyl sites for hydroxylation is 3. The van der Waals surface area contributed by atoms with Gasteiger partial charge in [-0.3, -0.25) is 4.79 Å². The van der Waals surface area contributed by atoms with Crippen LogP contribution in [-0.4, -0.2) is 22.1 Å². The molecule has 0 bridgehead atoms. The monoisotopic (exact) mass is 431 g/mol. The molecule has 0 fully saturated rings. The van der Waals surface area contributed by atoms with E-state index in [1.54, 1.807) is 12.1 Å². The number of fused-ring (bicyclic) bond motifs is 1. The number of furan rings is 1. The van der Waals surface area contributed by atoms with E-state index in [2.05, 4.69) is 48.0 Å². The Morgan fingerprint density at radius 1 is 1.12 bits per heavy atom. The molecule has 0 aliphatic heterocycles. The van der Waals surface area contributed by atoms with Crippen molar-refractivity contribution in [1.82, 2.24) is 14.9 Å². The van der Waals surface area contributed by atoms with E-state index in [1.165, 1.54) is 11.8 Å². The van der Waals surface area contributed by atoms with Gasteiger partial charge >= 0.3 is 0 Å². The van der Waals surface area contributed by atoms with Gasteiger partial charge in [0.15, 0.2) is 5.76 Å². The van der Waals surface area contributed by atoms with Gasteiger partial charge in [0.05, 0.1) is 29.9 Å². The maximum absolute atomic E-state index is 12.4. The lowest BCUT2D eigenvalue weighted by molar-refractivity contribution is 0.0909. The number of ether oxygens (including phenoxy) is 1. The van der Waals surface area contributed by atoms with Gasteiger partial charge in [0.2, 0.25) is 0 Å². The summed E-state index contributed by atoms with van der Waals surface area (Å²) in [6, 6.07) is 17.4. The second-order valence-corrected chi connectivity index (χ2v) is 8.11. The molecule has 0 saturated heterocycles. The van der Waals surface area contributed by atoms with Crippen LogP contribution in [0.15, 0.2) is 65.3 Å². The highest BCUT2D eigenvalue weighted by molar-refractivity contribution is 5.91. The van der Waals surface area contributed by atoms with E-state index >= 15 is 0 Å². The fraction of sp³-hybridized carbons (Fsp3) is 0.308. The Bertz CT molecular complexity index is 1190. The molecular formula is C26H29N3O3. The Morgan fingerprint density at radius 2 is 1.97 bits per heavy atom. The van der Waals surface area contributed by atoms with Crippen LogP contribution in [-0.2, 0) is 6.54 Å². The highest BCUT2D eigenvalue weighted by atomic mass is 16.5. The topological polar surface area (TPSA) is 69.3 Å². The third-order valence-corrected chi connectivity index (χ3v) is 5.54. The lowest BCUT2D eigenvalue weighted by Crippen LogP contribution is -2.28. The molecule has 0 aliphatic rings. The van der Waals surface area contributed by atoms with Crippen molar-refractivity contribution in [3.63, 3.8) is 0 Å². The van der Waals surface area contributed by atoms with Crippen molar-refractivity contribution in [1.29, 1.82) is 0 Å². The molecule has 166 valence electrons. The van der Waals surface area contributed by atoms with E-state index < -0.39 is 0 Å². The number of hydrogen-bond donors (Lipinski definition) is 1. The predicted octanol–water partition coefficient (Wildman–Crippen LogP) is 5.60. The molecule has 6 nitrogen and oxygen atoms in total. The van der Waals surface area contributed by atoms with Gasteiger partial charge in [0.1, 0.15) is 11.6 Å². The zero-order chi connectivity index (χ0) is 22.5. The molecule has 1 amide bonds. The molecule has 0 saturated carbocycles. The largest absolute Gasteiger partial charge is 0.493 e. The zero-order valence-electron chi connectivity index (χ0n) is 18.8. The van der Waals surface area contributed by atoms with Crippen LogP contribution in [0.5, 0.6) is 5.75 Å². The van der Waals surface area contributed by atoms with Crippen LogP contribution in [0.3, 0.4) is 0 Å². The zero-order valence-corrected chi connectivity index (χ0v) is 18.8. The number of carbonyl (C=O) groups excluding carboxylic acids is 1. The van der Waals surface area contributed by atoms with E-state index in [-0.39, 0.29) is 11.9 Å². The van der Waals surface area contributed by atoms with Crippen molar-refractivity contribution in [2.45, 2.75) is 46.2 Å². The number of amides is 1. The first-order valence-corrected chi connectivity index (χ1v) is 11.0. The molecule has 6 heteroatoms. The number of benzene rings is 2. The lowest BCUT2D eigenvalue weighted by atomic mass is 10.1. The number of hydrogen-bond acceptors (Lipinski definition) is 4. The third-order valence-electron chi connectivity index (χ3n) is 5.54. The SMILES string of the molecule is Cc1ccc(C)c(OCCCCn2c([C@@H](C)NC(=O)c3ccco3)nc3ccccc32)c1. The Labute approximate surface area is 188 Å². The van der Waals surface area contributed by atoms with Gasteiger partial charge in [-0.25, -0.2) is 4.98 Å². The van der Waals surface area contributed by atoms with Crippen molar-refractivity contribution in [2.24, 2.45) is 0 Å². The summed E-state index contributed by atoms with van der Waals surface area (Å²) in [6.45, 7) is 7.55. The van der Waals surface area contributed by atoms with Crippen molar-refractivity contribution in [3.8, 4) is 5.75 Å². The molecule has 2 aromatic carbocycles. The minimum absolute atomic E-state index is 0.247. The van der Waals surface area contributed by atoms with E-state index in [0.29, 0.717) is 12.4 Å². The molecule has 4 aromatic rings. The van der Waals surface area contributed by atoms with Crippen LogP contribution in [0.2, 0.25) is 0 Å². The maximum Gasteiger partial charge on any atom is 0.287 e. The number of aromatic nitrogens is 2. The van der Waals surface area contributed by atoms with E-state index in [9.17, 15) is 4.79 Å². The molecule has 1 atom stereocenters. The maximum atomic E-state index is 12.4. The van der Waals surface area contributed by atoms with Crippen molar-refractivity contribution in [2.75, 3.05) is 6.61 Å². The van der Waals surface area contributed by atoms with Gasteiger partial charge in [-0.05, 0) is 75.1 Å². The van der Waals surface area contributed by atoms with Gasteiger partial charge in [0.25, 0.3) is 5.91 Å². The molecule has 0 radical (unpaired) electrons. The number of para-hydroxylation sites is 2. The lowest BCUT2D eigenvalue weighted by Gasteiger charge is -2.16. The van der Waals surface area contributed by atoms with Crippen LogP contribution in [0.1, 0.15) is 53.3 Å². The summed E-state index contributed by atoms with van der Waals surface area (Å²) in [7, 11) is 0. The first kappa shape index (κ1) is 21.7. The fourth-order valence-corrected chi connectivity index (χ4v) is 3.82. The Morgan fingerprint density at radius 3 is 2.78 bits per heavy atom.